The number of anilines is 2. The fourth-order valence-electron chi connectivity index (χ4n) is 2.66. The second kappa shape index (κ2) is 5.31. The maximum atomic E-state index is 13.6. The molecule has 2 aromatic carbocycles. The molecule has 0 bridgehead atoms. The molecule has 2 heterocycles. The van der Waals surface area contributed by atoms with Crippen LogP contribution in [0.4, 0.5) is 16.0 Å². The van der Waals surface area contributed by atoms with Crippen LogP contribution in [-0.2, 0) is 6.54 Å². The number of hydrazine groups is 1. The summed E-state index contributed by atoms with van der Waals surface area (Å²) in [6.45, 7) is 2.66. The second-order valence-electron chi connectivity index (χ2n) is 5.49. The van der Waals surface area contributed by atoms with Crippen LogP contribution < -0.4 is 10.4 Å². The van der Waals surface area contributed by atoms with Gasteiger partial charge in [0.2, 0.25) is 0 Å². The van der Waals surface area contributed by atoms with Crippen molar-refractivity contribution in [3.8, 4) is 11.8 Å². The summed E-state index contributed by atoms with van der Waals surface area (Å²) >= 11 is 0. The molecular formula is C16H12FN7. The number of nitrogens with one attached hydrogen (secondary N) is 1. The number of tetrazole rings is 1. The number of fused-ring (bicyclic) bond motifs is 1. The highest BCUT2D eigenvalue weighted by Gasteiger charge is 2.23. The maximum Gasteiger partial charge on any atom is 0.285 e. The Hall–Kier alpha value is -3.47. The predicted octanol–water partition coefficient (Wildman–Crippen LogP) is 2.33. The quantitative estimate of drug-likeness (QED) is 0.780. The van der Waals surface area contributed by atoms with E-state index in [0.717, 1.165) is 11.8 Å². The van der Waals surface area contributed by atoms with Crippen molar-refractivity contribution in [1.82, 2.24) is 20.2 Å². The molecule has 4 rings (SSSR count). The minimum Gasteiger partial charge on any atom is -0.295 e. The molecule has 0 saturated heterocycles. The molecular weight excluding hydrogens is 309 g/mol. The van der Waals surface area contributed by atoms with Crippen molar-refractivity contribution in [1.29, 1.82) is 5.26 Å². The summed E-state index contributed by atoms with van der Waals surface area (Å²) in [4.78, 5) is 1.21. The van der Waals surface area contributed by atoms with Gasteiger partial charge in [-0.15, -0.1) is 9.90 Å². The van der Waals surface area contributed by atoms with Crippen molar-refractivity contribution in [3.05, 3.63) is 58.9 Å². The van der Waals surface area contributed by atoms with Crippen molar-refractivity contribution in [3.63, 3.8) is 0 Å². The minimum absolute atomic E-state index is 0.200. The Labute approximate surface area is 136 Å². The summed E-state index contributed by atoms with van der Waals surface area (Å²) in [7, 11) is 0. The molecule has 24 heavy (non-hydrogen) atoms. The summed E-state index contributed by atoms with van der Waals surface area (Å²) in [6, 6.07) is 11.8. The molecule has 0 unspecified atom stereocenters. The van der Waals surface area contributed by atoms with Gasteiger partial charge in [0.25, 0.3) is 5.95 Å². The van der Waals surface area contributed by atoms with Crippen LogP contribution in [0.1, 0.15) is 16.7 Å². The van der Waals surface area contributed by atoms with E-state index in [1.807, 2.05) is 31.2 Å². The first-order chi connectivity index (χ1) is 11.6. The molecule has 0 radical (unpaired) electrons. The summed E-state index contributed by atoms with van der Waals surface area (Å²) in [5, 5.41) is 22.9. The molecule has 0 spiro atoms. The molecule has 0 amide bonds. The van der Waals surface area contributed by atoms with Crippen molar-refractivity contribution in [2.75, 3.05) is 10.4 Å². The number of rotatable bonds is 2. The van der Waals surface area contributed by atoms with Crippen LogP contribution in [0.3, 0.4) is 0 Å². The highest BCUT2D eigenvalue weighted by atomic mass is 19.1. The van der Waals surface area contributed by atoms with Gasteiger partial charge in [-0.3, -0.25) is 5.43 Å². The minimum atomic E-state index is -0.523. The summed E-state index contributed by atoms with van der Waals surface area (Å²) in [5.74, 6) is -0.154. The van der Waals surface area contributed by atoms with Gasteiger partial charge in [0.05, 0.1) is 29.6 Å². The highest BCUT2D eigenvalue weighted by Crippen LogP contribution is 2.29. The molecule has 8 heteroatoms. The van der Waals surface area contributed by atoms with E-state index >= 15 is 0 Å². The molecule has 7 nitrogen and oxygen atoms in total. The van der Waals surface area contributed by atoms with Gasteiger partial charge in [-0.05, 0) is 35.9 Å². The Balaban J connectivity index is 1.64. The van der Waals surface area contributed by atoms with E-state index in [9.17, 15) is 4.39 Å². The molecule has 0 aliphatic carbocycles. The van der Waals surface area contributed by atoms with Gasteiger partial charge in [0.15, 0.2) is 0 Å². The number of halogens is 1. The maximum absolute atomic E-state index is 13.6. The third kappa shape index (κ3) is 2.32. The fourth-order valence-corrected chi connectivity index (χ4v) is 2.66. The molecule has 1 N–H and O–H groups in total. The number of aryl methyl sites for hydroxylation is 1. The molecule has 1 aliphatic rings. The van der Waals surface area contributed by atoms with Gasteiger partial charge in [-0.25, -0.2) is 9.40 Å². The Morgan fingerprint density at radius 1 is 1.29 bits per heavy atom. The average Bonchev–Trinajstić information content (AvgIpc) is 3.21. The Bertz CT molecular complexity index is 973. The van der Waals surface area contributed by atoms with E-state index in [1.165, 1.54) is 28.1 Å². The Morgan fingerprint density at radius 2 is 2.17 bits per heavy atom. The van der Waals surface area contributed by atoms with Gasteiger partial charge < -0.3 is 0 Å². The van der Waals surface area contributed by atoms with E-state index < -0.39 is 5.82 Å². The fraction of sp³-hybridized carbons (Fsp3) is 0.125. The lowest BCUT2D eigenvalue weighted by molar-refractivity contribution is 0.620. The Morgan fingerprint density at radius 3 is 2.96 bits per heavy atom. The van der Waals surface area contributed by atoms with Crippen LogP contribution in [0.2, 0.25) is 0 Å². The van der Waals surface area contributed by atoms with Gasteiger partial charge >= 0.3 is 0 Å². The van der Waals surface area contributed by atoms with Crippen LogP contribution in [-0.4, -0.2) is 20.2 Å². The smallest absolute Gasteiger partial charge is 0.285 e. The molecule has 1 aromatic heterocycles. The van der Waals surface area contributed by atoms with Crippen LogP contribution in [0, 0.1) is 24.1 Å². The normalized spacial score (nSPS) is 12.6. The number of aromatic nitrogens is 4. The lowest BCUT2D eigenvalue weighted by atomic mass is 10.1. The third-order valence-corrected chi connectivity index (χ3v) is 3.87. The SMILES string of the molecule is Cc1cccc2c1CN(c1nnn(-c3cc(F)cc(C#N)c3)n1)N2. The van der Waals surface area contributed by atoms with Gasteiger partial charge in [0.1, 0.15) is 5.82 Å². The summed E-state index contributed by atoms with van der Waals surface area (Å²) in [5.41, 5.74) is 7.12. The number of benzene rings is 2. The van der Waals surface area contributed by atoms with Gasteiger partial charge in [-0.1, -0.05) is 17.2 Å². The molecule has 0 fully saturated rings. The number of nitriles is 1. The van der Waals surface area contributed by atoms with Crippen LogP contribution in [0.5, 0.6) is 0 Å². The lowest BCUT2D eigenvalue weighted by Gasteiger charge is -2.12. The first kappa shape index (κ1) is 14.1. The van der Waals surface area contributed by atoms with E-state index in [-0.39, 0.29) is 5.56 Å². The topological polar surface area (TPSA) is 82.7 Å². The van der Waals surface area contributed by atoms with Crippen molar-refractivity contribution < 1.29 is 4.39 Å². The average molecular weight is 321 g/mol. The highest BCUT2D eigenvalue weighted by molar-refractivity contribution is 5.63. The summed E-state index contributed by atoms with van der Waals surface area (Å²) < 4.78 is 13.6. The number of hydrogen-bond donors (Lipinski definition) is 1. The van der Waals surface area contributed by atoms with Crippen molar-refractivity contribution >= 4 is 11.6 Å². The first-order valence-electron chi connectivity index (χ1n) is 7.28. The van der Waals surface area contributed by atoms with Crippen LogP contribution in [0.25, 0.3) is 5.69 Å². The zero-order chi connectivity index (χ0) is 16.7. The monoisotopic (exact) mass is 321 g/mol. The van der Waals surface area contributed by atoms with E-state index in [4.69, 9.17) is 5.26 Å². The van der Waals surface area contributed by atoms with Crippen LogP contribution >= 0.6 is 0 Å². The summed E-state index contributed by atoms with van der Waals surface area (Å²) in [6.07, 6.45) is 0. The largest absolute Gasteiger partial charge is 0.295 e. The molecule has 3 aromatic rings. The van der Waals surface area contributed by atoms with Crippen molar-refractivity contribution in [2.45, 2.75) is 13.5 Å². The number of nitrogens with zero attached hydrogens (tertiary/aromatic N) is 6. The van der Waals surface area contributed by atoms with Gasteiger partial charge in [0, 0.05) is 11.6 Å². The van der Waals surface area contributed by atoms with Crippen LogP contribution in [0.15, 0.2) is 36.4 Å². The number of hydrogen-bond acceptors (Lipinski definition) is 6. The van der Waals surface area contributed by atoms with E-state index in [1.54, 1.807) is 5.01 Å². The molecule has 118 valence electrons. The van der Waals surface area contributed by atoms with E-state index in [2.05, 4.69) is 20.8 Å². The lowest BCUT2D eigenvalue weighted by Crippen LogP contribution is -2.24. The molecule has 0 atom stereocenters. The third-order valence-electron chi connectivity index (χ3n) is 3.87. The van der Waals surface area contributed by atoms with E-state index in [0.29, 0.717) is 18.2 Å². The molecule has 1 aliphatic heterocycles. The predicted molar refractivity (Wildman–Crippen MR) is 84.8 cm³/mol. The Kier molecular flexibility index (Phi) is 3.13. The van der Waals surface area contributed by atoms with Crippen molar-refractivity contribution in [2.24, 2.45) is 0 Å². The second-order valence-corrected chi connectivity index (χ2v) is 5.49. The molecule has 0 saturated carbocycles. The standard InChI is InChI=1S/C16H12FN7/c1-10-3-2-4-15-14(10)9-23(20-15)16-19-22-24(21-16)13-6-11(8-18)5-12(17)7-13/h2-7,20H,9H2,1H3. The zero-order valence-corrected chi connectivity index (χ0v) is 12.7. The van der Waals surface area contributed by atoms with Gasteiger partial charge in [-0.2, -0.15) is 5.26 Å². The zero-order valence-electron chi connectivity index (χ0n) is 12.7. The first-order valence-corrected chi connectivity index (χ1v) is 7.28.